The molecule has 1 aromatic rings. The molecule has 1 saturated carbocycles. The van der Waals surface area contributed by atoms with E-state index in [1.165, 1.54) is 11.8 Å². The second-order valence-electron chi connectivity index (χ2n) is 4.55. The van der Waals surface area contributed by atoms with Crippen molar-refractivity contribution in [2.24, 2.45) is 0 Å². The van der Waals surface area contributed by atoms with Crippen molar-refractivity contribution in [3.05, 3.63) is 34.9 Å². The van der Waals surface area contributed by atoms with E-state index in [1.807, 2.05) is 12.1 Å². The molecule has 6 heteroatoms. The van der Waals surface area contributed by atoms with E-state index in [0.29, 0.717) is 23.6 Å². The Hall–Kier alpha value is -1.20. The molecule has 2 N–H and O–H groups in total. The third-order valence-electron chi connectivity index (χ3n) is 2.95. The highest BCUT2D eigenvalue weighted by Crippen LogP contribution is 2.35. The maximum Gasteiger partial charge on any atom is 0.329 e. The number of carbonyl (C=O) groups is 2. The maximum absolute atomic E-state index is 11.6. The van der Waals surface area contributed by atoms with Crippen LogP contribution in [0.15, 0.2) is 24.3 Å². The van der Waals surface area contributed by atoms with E-state index >= 15 is 0 Å². The lowest BCUT2D eigenvalue weighted by Gasteiger charge is -2.12. The molecule has 1 aromatic carbocycles. The summed E-state index contributed by atoms with van der Waals surface area (Å²) < 4.78 is 0. The first-order valence-corrected chi connectivity index (χ1v) is 7.42. The molecule has 102 valence electrons. The van der Waals surface area contributed by atoms with Crippen LogP contribution < -0.4 is 5.32 Å². The number of rotatable bonds is 6. The van der Waals surface area contributed by atoms with Crippen LogP contribution in [0.25, 0.3) is 0 Å². The van der Waals surface area contributed by atoms with Gasteiger partial charge >= 0.3 is 5.97 Å². The minimum Gasteiger partial charge on any atom is -0.480 e. The van der Waals surface area contributed by atoms with Gasteiger partial charge in [-0.3, -0.25) is 4.79 Å². The van der Waals surface area contributed by atoms with Crippen LogP contribution in [0.3, 0.4) is 0 Å². The summed E-state index contributed by atoms with van der Waals surface area (Å²) >= 11 is 7.23. The van der Waals surface area contributed by atoms with Gasteiger partial charge in [0, 0.05) is 10.8 Å². The number of hydrogen-bond acceptors (Lipinski definition) is 3. The number of hydrogen-bond donors (Lipinski definition) is 2. The van der Waals surface area contributed by atoms with E-state index in [0.717, 1.165) is 5.56 Å². The van der Waals surface area contributed by atoms with E-state index in [1.54, 1.807) is 12.1 Å². The highest BCUT2D eigenvalue weighted by Gasteiger charge is 2.51. The van der Waals surface area contributed by atoms with Crippen molar-refractivity contribution < 1.29 is 14.7 Å². The van der Waals surface area contributed by atoms with E-state index in [9.17, 15) is 9.59 Å². The van der Waals surface area contributed by atoms with Crippen molar-refractivity contribution in [3.8, 4) is 0 Å². The van der Waals surface area contributed by atoms with Gasteiger partial charge in [0.25, 0.3) is 0 Å². The van der Waals surface area contributed by atoms with Crippen molar-refractivity contribution in [3.63, 3.8) is 0 Å². The Morgan fingerprint density at radius 2 is 1.95 bits per heavy atom. The summed E-state index contributed by atoms with van der Waals surface area (Å²) in [5.74, 6) is -0.204. The highest BCUT2D eigenvalue weighted by molar-refractivity contribution is 7.99. The van der Waals surface area contributed by atoms with Gasteiger partial charge in [0.05, 0.1) is 5.75 Å². The fourth-order valence-corrected chi connectivity index (χ4v) is 2.58. The largest absolute Gasteiger partial charge is 0.480 e. The van der Waals surface area contributed by atoms with Crippen molar-refractivity contribution in [2.45, 2.75) is 24.1 Å². The zero-order valence-electron chi connectivity index (χ0n) is 10.2. The number of carbonyl (C=O) groups excluding carboxylic acids is 1. The second kappa shape index (κ2) is 5.84. The van der Waals surface area contributed by atoms with Crippen LogP contribution in [0.2, 0.25) is 5.02 Å². The van der Waals surface area contributed by atoms with Crippen LogP contribution >= 0.6 is 23.4 Å². The zero-order chi connectivity index (χ0) is 13.9. The Labute approximate surface area is 120 Å². The lowest BCUT2D eigenvalue weighted by atomic mass is 10.2. The minimum atomic E-state index is -0.988. The van der Waals surface area contributed by atoms with Crippen molar-refractivity contribution in [1.29, 1.82) is 0 Å². The quantitative estimate of drug-likeness (QED) is 0.846. The summed E-state index contributed by atoms with van der Waals surface area (Å²) in [6.07, 6.45) is 1.05. The molecule has 0 radical (unpaired) electrons. The van der Waals surface area contributed by atoms with Gasteiger partial charge in [-0.15, -0.1) is 11.8 Å². The van der Waals surface area contributed by atoms with Crippen LogP contribution in [0.4, 0.5) is 0 Å². The molecule has 0 heterocycles. The Kier molecular flexibility index (Phi) is 4.37. The predicted octanol–water partition coefficient (Wildman–Crippen LogP) is 2.31. The molecular weight excluding hydrogens is 286 g/mol. The molecule has 2 rings (SSSR count). The van der Waals surface area contributed by atoms with Crippen LogP contribution in [-0.2, 0) is 15.3 Å². The van der Waals surface area contributed by atoms with Gasteiger partial charge in [0.15, 0.2) is 0 Å². The van der Waals surface area contributed by atoms with Gasteiger partial charge in [0.2, 0.25) is 5.91 Å². The first-order valence-electron chi connectivity index (χ1n) is 5.88. The second-order valence-corrected chi connectivity index (χ2v) is 5.98. The SMILES string of the molecule is O=C(CSCc1ccc(Cl)cc1)NC1(C(=O)O)CC1. The normalized spacial score (nSPS) is 15.8. The van der Waals surface area contributed by atoms with Gasteiger partial charge in [-0.25, -0.2) is 4.79 Å². The molecule has 0 aliphatic heterocycles. The number of benzene rings is 1. The number of aliphatic carboxylic acids is 1. The third-order valence-corrected chi connectivity index (χ3v) is 4.21. The molecule has 0 saturated heterocycles. The summed E-state index contributed by atoms with van der Waals surface area (Å²) in [4.78, 5) is 22.5. The van der Waals surface area contributed by atoms with E-state index in [4.69, 9.17) is 16.7 Å². The number of amides is 1. The summed E-state index contributed by atoms with van der Waals surface area (Å²) in [6, 6.07) is 7.43. The molecule has 19 heavy (non-hydrogen) atoms. The topological polar surface area (TPSA) is 66.4 Å². The Bertz CT molecular complexity index is 485. The highest BCUT2D eigenvalue weighted by atomic mass is 35.5. The molecule has 0 bridgehead atoms. The number of thioether (sulfide) groups is 1. The van der Waals surface area contributed by atoms with Crippen molar-refractivity contribution in [1.82, 2.24) is 5.32 Å². The molecule has 4 nitrogen and oxygen atoms in total. The van der Waals surface area contributed by atoms with Crippen LogP contribution in [0, 0.1) is 0 Å². The van der Waals surface area contributed by atoms with Gasteiger partial charge in [0.1, 0.15) is 5.54 Å². The fourth-order valence-electron chi connectivity index (χ4n) is 1.66. The minimum absolute atomic E-state index is 0.223. The summed E-state index contributed by atoms with van der Waals surface area (Å²) in [7, 11) is 0. The molecule has 0 spiro atoms. The molecular formula is C13H14ClNO3S. The van der Waals surface area contributed by atoms with Crippen molar-refractivity contribution >= 4 is 35.2 Å². The van der Waals surface area contributed by atoms with Gasteiger partial charge in [-0.1, -0.05) is 23.7 Å². The van der Waals surface area contributed by atoms with E-state index in [2.05, 4.69) is 5.32 Å². The maximum atomic E-state index is 11.6. The van der Waals surface area contributed by atoms with E-state index < -0.39 is 11.5 Å². The van der Waals surface area contributed by atoms with Crippen molar-refractivity contribution in [2.75, 3.05) is 5.75 Å². The smallest absolute Gasteiger partial charge is 0.329 e. The van der Waals surface area contributed by atoms with Crippen LogP contribution in [-0.4, -0.2) is 28.3 Å². The molecule has 0 atom stereocenters. The number of carboxylic acids is 1. The van der Waals surface area contributed by atoms with Gasteiger partial charge in [-0.05, 0) is 30.5 Å². The standard InChI is InChI=1S/C13H14ClNO3S/c14-10-3-1-9(2-4-10)7-19-8-11(16)15-13(5-6-13)12(17)18/h1-4H,5-8H2,(H,15,16)(H,17,18). The predicted molar refractivity (Wildman–Crippen MR) is 75.4 cm³/mol. The molecule has 1 aliphatic carbocycles. The van der Waals surface area contributed by atoms with E-state index in [-0.39, 0.29) is 11.7 Å². The van der Waals surface area contributed by atoms with Crippen LogP contribution in [0.1, 0.15) is 18.4 Å². The monoisotopic (exact) mass is 299 g/mol. The summed E-state index contributed by atoms with van der Waals surface area (Å²) in [5, 5.41) is 12.2. The number of halogens is 1. The number of carboxylic acid groups (broad SMARTS) is 1. The summed E-state index contributed by atoms with van der Waals surface area (Å²) in [5.41, 5.74) is 0.0966. The number of nitrogens with one attached hydrogen (secondary N) is 1. The molecule has 1 amide bonds. The molecule has 1 aliphatic rings. The molecule has 0 aromatic heterocycles. The lowest BCUT2D eigenvalue weighted by molar-refractivity contribution is -0.142. The average Bonchev–Trinajstić information content (AvgIpc) is 3.13. The zero-order valence-corrected chi connectivity index (χ0v) is 11.8. The van der Waals surface area contributed by atoms with Gasteiger partial charge in [-0.2, -0.15) is 0 Å². The third kappa shape index (κ3) is 3.88. The fraction of sp³-hybridized carbons (Fsp3) is 0.385. The lowest BCUT2D eigenvalue weighted by Crippen LogP contribution is -2.43. The Morgan fingerprint density at radius 3 is 2.47 bits per heavy atom. The average molecular weight is 300 g/mol. The first-order chi connectivity index (χ1) is 9.02. The van der Waals surface area contributed by atoms with Gasteiger partial charge < -0.3 is 10.4 Å². The Morgan fingerprint density at radius 1 is 1.32 bits per heavy atom. The molecule has 0 unspecified atom stereocenters. The van der Waals surface area contributed by atoms with Crippen LogP contribution in [0.5, 0.6) is 0 Å². The summed E-state index contributed by atoms with van der Waals surface area (Å²) in [6.45, 7) is 0. The first kappa shape index (κ1) is 14.2. The Balaban J connectivity index is 1.72. The molecule has 1 fully saturated rings.